The monoisotopic (exact) mass is 306 g/mol. The summed E-state index contributed by atoms with van der Waals surface area (Å²) in [6.45, 7) is 0.395. The first-order valence-corrected chi connectivity index (χ1v) is 7.48. The molecule has 2 atom stereocenters. The van der Waals surface area contributed by atoms with Crippen molar-refractivity contribution in [1.82, 2.24) is 10.6 Å². The van der Waals surface area contributed by atoms with Crippen molar-refractivity contribution in [2.75, 3.05) is 13.2 Å². The Morgan fingerprint density at radius 3 is 2.64 bits per heavy atom. The summed E-state index contributed by atoms with van der Waals surface area (Å²) in [5.41, 5.74) is -0.0622. The smallest absolute Gasteiger partial charge is 0.329 e. The summed E-state index contributed by atoms with van der Waals surface area (Å²) in [6, 6.07) is 9.66. The molecule has 1 aliphatic rings. The van der Waals surface area contributed by atoms with E-state index in [1.807, 2.05) is 30.3 Å². The number of hydrogen-bond donors (Lipinski definition) is 4. The molecule has 1 aromatic carbocycles. The molecule has 0 aliphatic carbocycles. The molecule has 0 bridgehead atoms. The number of aliphatic hydroxyl groups excluding tert-OH is 1. The summed E-state index contributed by atoms with van der Waals surface area (Å²) in [5, 5.41) is 24.5. The van der Waals surface area contributed by atoms with Crippen LogP contribution in [0.3, 0.4) is 0 Å². The second-order valence-corrected chi connectivity index (χ2v) is 5.71. The van der Waals surface area contributed by atoms with Crippen LogP contribution >= 0.6 is 0 Å². The van der Waals surface area contributed by atoms with E-state index in [1.165, 1.54) is 0 Å². The largest absolute Gasteiger partial charge is 0.480 e. The Hall–Kier alpha value is -1.92. The van der Waals surface area contributed by atoms with Gasteiger partial charge in [0.05, 0.1) is 6.61 Å². The number of hydrogen-bond acceptors (Lipinski definition) is 4. The first kappa shape index (κ1) is 16.5. The molecular formula is C16H22N2O4. The SMILES string of the molecule is O=C1CC[C@@](CCN[C@H](CO)Cc2ccccc2)(C(=O)O)N1. The molecule has 1 aliphatic heterocycles. The second kappa shape index (κ2) is 7.38. The highest BCUT2D eigenvalue weighted by Crippen LogP contribution is 2.24. The molecule has 2 rings (SSSR count). The third-order valence-corrected chi connectivity index (χ3v) is 4.10. The Morgan fingerprint density at radius 1 is 1.36 bits per heavy atom. The normalized spacial score (nSPS) is 22.3. The molecule has 1 amide bonds. The average molecular weight is 306 g/mol. The van der Waals surface area contributed by atoms with Gasteiger partial charge >= 0.3 is 5.97 Å². The Kier molecular flexibility index (Phi) is 5.51. The Balaban J connectivity index is 1.85. The first-order chi connectivity index (χ1) is 10.6. The van der Waals surface area contributed by atoms with Crippen molar-refractivity contribution in [2.45, 2.75) is 37.3 Å². The van der Waals surface area contributed by atoms with Crippen LogP contribution in [-0.4, -0.2) is 46.8 Å². The number of carboxylic acid groups (broad SMARTS) is 1. The molecule has 0 spiro atoms. The van der Waals surface area contributed by atoms with Crippen molar-refractivity contribution in [2.24, 2.45) is 0 Å². The summed E-state index contributed by atoms with van der Waals surface area (Å²) in [7, 11) is 0. The number of amides is 1. The zero-order valence-corrected chi connectivity index (χ0v) is 12.4. The maximum absolute atomic E-state index is 11.4. The highest BCUT2D eigenvalue weighted by molar-refractivity contribution is 5.90. The lowest BCUT2D eigenvalue weighted by Gasteiger charge is -2.25. The molecule has 1 fully saturated rings. The summed E-state index contributed by atoms with van der Waals surface area (Å²) in [4.78, 5) is 22.7. The predicted octanol–water partition coefficient (Wildman–Crippen LogP) is 0.303. The van der Waals surface area contributed by atoms with Gasteiger partial charge in [-0.2, -0.15) is 0 Å². The van der Waals surface area contributed by atoms with E-state index in [-0.39, 0.29) is 25.0 Å². The molecule has 1 aromatic rings. The Morgan fingerprint density at radius 2 is 2.09 bits per heavy atom. The molecule has 0 radical (unpaired) electrons. The number of aliphatic hydroxyl groups is 1. The van der Waals surface area contributed by atoms with Crippen molar-refractivity contribution in [1.29, 1.82) is 0 Å². The lowest BCUT2D eigenvalue weighted by molar-refractivity contribution is -0.145. The van der Waals surface area contributed by atoms with Crippen LogP contribution in [0.1, 0.15) is 24.8 Å². The van der Waals surface area contributed by atoms with Crippen molar-refractivity contribution >= 4 is 11.9 Å². The Labute approximate surface area is 129 Å². The number of nitrogens with one attached hydrogen (secondary N) is 2. The van der Waals surface area contributed by atoms with Gasteiger partial charge in [0.15, 0.2) is 0 Å². The van der Waals surface area contributed by atoms with Gasteiger partial charge in [-0.05, 0) is 31.4 Å². The van der Waals surface area contributed by atoms with Crippen molar-refractivity contribution < 1.29 is 19.8 Å². The molecule has 1 saturated heterocycles. The standard InChI is InChI=1S/C16H22N2O4/c19-11-13(10-12-4-2-1-3-5-12)17-9-8-16(15(21)22)7-6-14(20)18-16/h1-5,13,17,19H,6-11H2,(H,18,20)(H,21,22)/t13-,16+/m0/s1. The third-order valence-electron chi connectivity index (χ3n) is 4.10. The average Bonchev–Trinajstić information content (AvgIpc) is 2.90. The van der Waals surface area contributed by atoms with Crippen LogP contribution in [0.25, 0.3) is 0 Å². The third kappa shape index (κ3) is 4.05. The zero-order chi connectivity index (χ0) is 16.0. The molecule has 0 unspecified atom stereocenters. The van der Waals surface area contributed by atoms with E-state index in [2.05, 4.69) is 10.6 Å². The summed E-state index contributed by atoms with van der Waals surface area (Å²) < 4.78 is 0. The van der Waals surface area contributed by atoms with E-state index in [4.69, 9.17) is 0 Å². The van der Waals surface area contributed by atoms with Crippen LogP contribution in [0.4, 0.5) is 0 Å². The molecule has 120 valence electrons. The lowest BCUT2D eigenvalue weighted by Crippen LogP contribution is -2.51. The van der Waals surface area contributed by atoms with E-state index >= 15 is 0 Å². The van der Waals surface area contributed by atoms with Crippen LogP contribution in [0.5, 0.6) is 0 Å². The van der Waals surface area contributed by atoms with Gasteiger partial charge in [-0.3, -0.25) is 4.79 Å². The van der Waals surface area contributed by atoms with Crippen LogP contribution in [-0.2, 0) is 16.0 Å². The van der Waals surface area contributed by atoms with Gasteiger partial charge in [-0.15, -0.1) is 0 Å². The number of carbonyl (C=O) groups is 2. The minimum absolute atomic E-state index is 0.0265. The Bertz CT molecular complexity index is 520. The minimum atomic E-state index is -1.17. The first-order valence-electron chi connectivity index (χ1n) is 7.48. The zero-order valence-electron chi connectivity index (χ0n) is 12.4. The summed E-state index contributed by atoms with van der Waals surface area (Å²) in [6.07, 6.45) is 1.54. The van der Waals surface area contributed by atoms with Gasteiger partial charge in [0.1, 0.15) is 5.54 Å². The molecule has 0 aromatic heterocycles. The quantitative estimate of drug-likeness (QED) is 0.554. The van der Waals surface area contributed by atoms with Crippen molar-refractivity contribution in [3.05, 3.63) is 35.9 Å². The minimum Gasteiger partial charge on any atom is -0.480 e. The van der Waals surface area contributed by atoms with Crippen LogP contribution < -0.4 is 10.6 Å². The molecular weight excluding hydrogens is 284 g/mol. The summed E-state index contributed by atoms with van der Waals surface area (Å²) in [5.74, 6) is -1.21. The fourth-order valence-corrected chi connectivity index (χ4v) is 2.76. The maximum atomic E-state index is 11.4. The van der Waals surface area contributed by atoms with Gasteiger partial charge in [0, 0.05) is 12.5 Å². The van der Waals surface area contributed by atoms with Gasteiger partial charge < -0.3 is 20.8 Å². The maximum Gasteiger partial charge on any atom is 0.329 e. The number of aliphatic carboxylic acids is 1. The molecule has 4 N–H and O–H groups in total. The van der Waals surface area contributed by atoms with Crippen molar-refractivity contribution in [3.63, 3.8) is 0 Å². The van der Waals surface area contributed by atoms with Crippen molar-refractivity contribution in [3.8, 4) is 0 Å². The van der Waals surface area contributed by atoms with E-state index in [9.17, 15) is 19.8 Å². The highest BCUT2D eigenvalue weighted by Gasteiger charge is 2.44. The van der Waals surface area contributed by atoms with E-state index in [0.717, 1.165) is 5.56 Å². The van der Waals surface area contributed by atoms with Gasteiger partial charge in [-0.1, -0.05) is 30.3 Å². The van der Waals surface area contributed by atoms with Gasteiger partial charge in [-0.25, -0.2) is 4.79 Å². The summed E-state index contributed by atoms with van der Waals surface area (Å²) >= 11 is 0. The van der Waals surface area contributed by atoms with Crippen LogP contribution in [0, 0.1) is 0 Å². The fourth-order valence-electron chi connectivity index (χ4n) is 2.76. The highest BCUT2D eigenvalue weighted by atomic mass is 16.4. The molecule has 22 heavy (non-hydrogen) atoms. The van der Waals surface area contributed by atoms with Crippen LogP contribution in [0.15, 0.2) is 30.3 Å². The van der Waals surface area contributed by atoms with Gasteiger partial charge in [0.25, 0.3) is 0 Å². The molecule has 6 nitrogen and oxygen atoms in total. The number of benzene rings is 1. The number of carboxylic acids is 1. The predicted molar refractivity (Wildman–Crippen MR) is 81.4 cm³/mol. The topological polar surface area (TPSA) is 98.7 Å². The van der Waals surface area contributed by atoms with E-state index in [1.54, 1.807) is 0 Å². The van der Waals surface area contributed by atoms with E-state index < -0.39 is 11.5 Å². The molecule has 0 saturated carbocycles. The lowest BCUT2D eigenvalue weighted by atomic mass is 9.93. The molecule has 6 heteroatoms. The molecule has 1 heterocycles. The van der Waals surface area contributed by atoms with Gasteiger partial charge in [0.2, 0.25) is 5.91 Å². The fraction of sp³-hybridized carbons (Fsp3) is 0.500. The van der Waals surface area contributed by atoms with E-state index in [0.29, 0.717) is 25.8 Å². The second-order valence-electron chi connectivity index (χ2n) is 5.71. The number of carbonyl (C=O) groups excluding carboxylic acids is 1. The number of rotatable bonds is 8. The van der Waals surface area contributed by atoms with Crippen LogP contribution in [0.2, 0.25) is 0 Å².